The van der Waals surface area contributed by atoms with Crippen molar-refractivity contribution in [2.24, 2.45) is 11.8 Å². The van der Waals surface area contributed by atoms with Gasteiger partial charge in [0, 0.05) is 5.56 Å². The van der Waals surface area contributed by atoms with Gasteiger partial charge in [0.05, 0.1) is 6.61 Å². The van der Waals surface area contributed by atoms with Gasteiger partial charge in [-0.25, -0.2) is 0 Å². The fraction of sp³-hybridized carbons (Fsp3) is 0.286. The Kier molecular flexibility index (Phi) is 4.73. The SMILES string of the molecule is CCOC(=O)[C@H]1[C@H](C(=O)c2ccccc2)C(=O)O[C@H]1c1ccc2c(c1)OCO2. The number of carbonyl (C=O) groups excluding carboxylic acids is 3. The van der Waals surface area contributed by atoms with E-state index < -0.39 is 35.7 Å². The first-order chi connectivity index (χ1) is 13.6. The maximum absolute atomic E-state index is 13.0. The summed E-state index contributed by atoms with van der Waals surface area (Å²) < 4.78 is 21.3. The third kappa shape index (κ3) is 3.09. The number of benzene rings is 2. The lowest BCUT2D eigenvalue weighted by Crippen LogP contribution is -2.33. The second kappa shape index (κ2) is 7.34. The van der Waals surface area contributed by atoms with Crippen LogP contribution in [0.4, 0.5) is 0 Å². The smallest absolute Gasteiger partial charge is 0.318 e. The fourth-order valence-electron chi connectivity index (χ4n) is 3.51. The van der Waals surface area contributed by atoms with Gasteiger partial charge in [-0.2, -0.15) is 0 Å². The maximum atomic E-state index is 13.0. The molecule has 7 heteroatoms. The Labute approximate surface area is 161 Å². The summed E-state index contributed by atoms with van der Waals surface area (Å²) in [5.41, 5.74) is 0.879. The first-order valence-electron chi connectivity index (χ1n) is 8.96. The van der Waals surface area contributed by atoms with Crippen molar-refractivity contribution in [2.45, 2.75) is 13.0 Å². The molecule has 1 fully saturated rings. The van der Waals surface area contributed by atoms with Crippen molar-refractivity contribution in [1.29, 1.82) is 0 Å². The van der Waals surface area contributed by atoms with E-state index in [9.17, 15) is 14.4 Å². The van der Waals surface area contributed by atoms with Crippen LogP contribution in [0.5, 0.6) is 11.5 Å². The van der Waals surface area contributed by atoms with Crippen molar-refractivity contribution in [1.82, 2.24) is 0 Å². The van der Waals surface area contributed by atoms with E-state index >= 15 is 0 Å². The van der Waals surface area contributed by atoms with Crippen molar-refractivity contribution < 1.29 is 33.3 Å². The predicted molar refractivity (Wildman–Crippen MR) is 95.8 cm³/mol. The van der Waals surface area contributed by atoms with E-state index in [1.54, 1.807) is 55.5 Å². The van der Waals surface area contributed by atoms with Crippen molar-refractivity contribution >= 4 is 17.7 Å². The molecule has 0 N–H and O–H groups in total. The number of hydrogen-bond donors (Lipinski definition) is 0. The Hall–Kier alpha value is -3.35. The molecule has 28 heavy (non-hydrogen) atoms. The van der Waals surface area contributed by atoms with Crippen LogP contribution in [0.2, 0.25) is 0 Å². The summed E-state index contributed by atoms with van der Waals surface area (Å²) >= 11 is 0. The van der Waals surface area contributed by atoms with Gasteiger partial charge in [-0.15, -0.1) is 0 Å². The Morgan fingerprint density at radius 2 is 1.82 bits per heavy atom. The highest BCUT2D eigenvalue weighted by atomic mass is 16.7. The molecule has 0 radical (unpaired) electrons. The van der Waals surface area contributed by atoms with E-state index in [-0.39, 0.29) is 13.4 Å². The molecule has 0 aromatic heterocycles. The highest BCUT2D eigenvalue weighted by Gasteiger charge is 2.54. The van der Waals surface area contributed by atoms with Gasteiger partial charge in [0.15, 0.2) is 17.3 Å². The van der Waals surface area contributed by atoms with Crippen LogP contribution in [0, 0.1) is 11.8 Å². The van der Waals surface area contributed by atoms with Gasteiger partial charge in [-0.05, 0) is 24.6 Å². The Morgan fingerprint density at radius 1 is 1.07 bits per heavy atom. The standard InChI is InChI=1S/C21H18O7/c1-2-25-20(23)17-16(18(22)12-6-4-3-5-7-12)21(24)28-19(17)13-8-9-14-15(10-13)27-11-26-14/h3-10,16-17,19H,2,11H2,1H3/t16-,17+,19+/m1/s1. The summed E-state index contributed by atoms with van der Waals surface area (Å²) in [5, 5.41) is 0. The van der Waals surface area contributed by atoms with Crippen molar-refractivity contribution in [3.05, 3.63) is 59.7 Å². The number of Topliss-reactive ketones (excluding diaryl/α,β-unsaturated/α-hetero) is 1. The van der Waals surface area contributed by atoms with Crippen LogP contribution >= 0.6 is 0 Å². The Balaban J connectivity index is 1.71. The van der Waals surface area contributed by atoms with Gasteiger partial charge in [-0.1, -0.05) is 36.4 Å². The zero-order valence-electron chi connectivity index (χ0n) is 15.1. The lowest BCUT2D eigenvalue weighted by Gasteiger charge is -2.19. The molecule has 0 amide bonds. The highest BCUT2D eigenvalue weighted by molar-refractivity contribution is 6.12. The van der Waals surface area contributed by atoms with Gasteiger partial charge in [0.2, 0.25) is 6.79 Å². The van der Waals surface area contributed by atoms with Crippen LogP contribution in [0.3, 0.4) is 0 Å². The highest BCUT2D eigenvalue weighted by Crippen LogP contribution is 2.44. The van der Waals surface area contributed by atoms with Crippen LogP contribution in [0.15, 0.2) is 48.5 Å². The molecule has 3 atom stereocenters. The first kappa shape index (κ1) is 18.0. The van der Waals surface area contributed by atoms with Crippen molar-refractivity contribution in [3.63, 3.8) is 0 Å². The van der Waals surface area contributed by atoms with Crippen LogP contribution in [-0.4, -0.2) is 31.1 Å². The predicted octanol–water partition coefficient (Wildman–Crippen LogP) is 2.69. The molecule has 144 valence electrons. The minimum atomic E-state index is -1.27. The van der Waals surface area contributed by atoms with E-state index in [1.165, 1.54) is 0 Å². The van der Waals surface area contributed by atoms with E-state index in [1.807, 2.05) is 0 Å². The second-order valence-electron chi connectivity index (χ2n) is 6.46. The van der Waals surface area contributed by atoms with Gasteiger partial charge in [-0.3, -0.25) is 14.4 Å². The zero-order chi connectivity index (χ0) is 19.7. The average molecular weight is 382 g/mol. The van der Waals surface area contributed by atoms with Gasteiger partial charge in [0.1, 0.15) is 17.9 Å². The first-order valence-corrected chi connectivity index (χ1v) is 8.96. The fourth-order valence-corrected chi connectivity index (χ4v) is 3.51. The number of ether oxygens (including phenoxy) is 4. The molecular weight excluding hydrogens is 364 g/mol. The van der Waals surface area contributed by atoms with Crippen LogP contribution in [-0.2, 0) is 19.1 Å². The van der Waals surface area contributed by atoms with Crippen molar-refractivity contribution in [2.75, 3.05) is 13.4 Å². The summed E-state index contributed by atoms with van der Waals surface area (Å²) in [5.74, 6) is -3.14. The lowest BCUT2D eigenvalue weighted by atomic mass is 9.82. The van der Waals surface area contributed by atoms with E-state index in [2.05, 4.69) is 0 Å². The minimum Gasteiger partial charge on any atom is -0.466 e. The summed E-state index contributed by atoms with van der Waals surface area (Å²) in [4.78, 5) is 38.3. The average Bonchev–Trinajstić information content (AvgIpc) is 3.31. The molecule has 7 nitrogen and oxygen atoms in total. The normalized spacial score (nSPS) is 22.6. The number of ketones is 1. The molecule has 2 aromatic carbocycles. The Morgan fingerprint density at radius 3 is 2.57 bits per heavy atom. The molecule has 0 bridgehead atoms. The quantitative estimate of drug-likeness (QED) is 0.446. The molecule has 2 aromatic rings. The number of carbonyl (C=O) groups is 3. The summed E-state index contributed by atoms with van der Waals surface area (Å²) in [6.07, 6.45) is -0.946. The third-order valence-corrected chi connectivity index (χ3v) is 4.81. The van der Waals surface area contributed by atoms with Gasteiger partial charge >= 0.3 is 11.9 Å². The molecule has 0 saturated carbocycles. The molecule has 1 saturated heterocycles. The number of fused-ring (bicyclic) bond motifs is 1. The molecule has 4 rings (SSSR count). The largest absolute Gasteiger partial charge is 0.466 e. The molecule has 2 heterocycles. The van der Waals surface area contributed by atoms with E-state index in [4.69, 9.17) is 18.9 Å². The second-order valence-corrected chi connectivity index (χ2v) is 6.46. The van der Waals surface area contributed by atoms with Crippen LogP contribution < -0.4 is 9.47 Å². The molecular formula is C21H18O7. The minimum absolute atomic E-state index is 0.0969. The van der Waals surface area contributed by atoms with Crippen molar-refractivity contribution in [3.8, 4) is 11.5 Å². The number of cyclic esters (lactones) is 1. The number of esters is 2. The third-order valence-electron chi connectivity index (χ3n) is 4.81. The summed E-state index contributed by atoms with van der Waals surface area (Å²) in [7, 11) is 0. The summed E-state index contributed by atoms with van der Waals surface area (Å²) in [6, 6.07) is 13.4. The zero-order valence-corrected chi connectivity index (χ0v) is 15.1. The lowest BCUT2D eigenvalue weighted by molar-refractivity contribution is -0.150. The molecule has 2 aliphatic heterocycles. The van der Waals surface area contributed by atoms with E-state index in [0.29, 0.717) is 22.6 Å². The monoisotopic (exact) mass is 382 g/mol. The molecule has 0 unspecified atom stereocenters. The van der Waals surface area contributed by atoms with Gasteiger partial charge < -0.3 is 18.9 Å². The van der Waals surface area contributed by atoms with Crippen LogP contribution in [0.25, 0.3) is 0 Å². The van der Waals surface area contributed by atoms with Crippen LogP contribution in [0.1, 0.15) is 28.9 Å². The molecule has 0 aliphatic carbocycles. The number of rotatable bonds is 5. The molecule has 2 aliphatic rings. The summed E-state index contributed by atoms with van der Waals surface area (Å²) in [6.45, 7) is 1.89. The number of hydrogen-bond acceptors (Lipinski definition) is 7. The van der Waals surface area contributed by atoms with Gasteiger partial charge in [0.25, 0.3) is 0 Å². The topological polar surface area (TPSA) is 88.1 Å². The Bertz CT molecular complexity index is 922. The molecule has 0 spiro atoms. The van der Waals surface area contributed by atoms with E-state index in [0.717, 1.165) is 0 Å². The maximum Gasteiger partial charge on any atom is 0.318 e.